The van der Waals surface area contributed by atoms with Crippen molar-refractivity contribution in [3.63, 3.8) is 0 Å². The molecule has 1 aromatic heterocycles. The first kappa shape index (κ1) is 10.8. The summed E-state index contributed by atoms with van der Waals surface area (Å²) in [6, 6.07) is 1.48. The molecule has 0 spiro atoms. The van der Waals surface area contributed by atoms with E-state index in [4.69, 9.17) is 0 Å². The second-order valence-electron chi connectivity index (χ2n) is 3.83. The molecule has 1 heterocycles. The number of nitrogens with one attached hydrogen (secondary N) is 2. The second-order valence-corrected chi connectivity index (χ2v) is 3.83. The molecule has 0 fully saturated rings. The molecule has 2 N–H and O–H groups in total. The molecule has 14 heavy (non-hydrogen) atoms. The number of aryl methyl sites for hydroxylation is 1. The molecule has 0 aromatic carbocycles. The van der Waals surface area contributed by atoms with Crippen LogP contribution < -0.4 is 10.9 Å². The maximum atomic E-state index is 11.1. The Kier molecular flexibility index (Phi) is 3.68. The number of aromatic amines is 1. The van der Waals surface area contributed by atoms with Crippen LogP contribution in [0.4, 0.5) is 5.82 Å². The SMILES string of the molecule is Cc1nc(NCCC(C)C)cc(=O)[nH]1. The minimum Gasteiger partial charge on any atom is -0.370 e. The smallest absolute Gasteiger partial charge is 0.252 e. The molecule has 0 saturated heterocycles. The Labute approximate surface area is 83.8 Å². The van der Waals surface area contributed by atoms with Crippen molar-refractivity contribution in [2.24, 2.45) is 5.92 Å². The number of aromatic nitrogens is 2. The standard InChI is InChI=1S/C10H17N3O/c1-7(2)4-5-11-9-6-10(14)13-8(3)12-9/h6-7H,4-5H2,1-3H3,(H2,11,12,13,14). The van der Waals surface area contributed by atoms with E-state index in [2.05, 4.69) is 29.1 Å². The van der Waals surface area contributed by atoms with Gasteiger partial charge in [-0.1, -0.05) is 13.8 Å². The predicted octanol–water partition coefficient (Wildman–Crippen LogP) is 1.54. The third kappa shape index (κ3) is 3.60. The Balaban J connectivity index is 2.55. The molecule has 0 atom stereocenters. The Morgan fingerprint density at radius 3 is 2.86 bits per heavy atom. The third-order valence-corrected chi connectivity index (χ3v) is 1.89. The second kappa shape index (κ2) is 4.79. The van der Waals surface area contributed by atoms with Crippen molar-refractivity contribution >= 4 is 5.82 Å². The van der Waals surface area contributed by atoms with Gasteiger partial charge in [0.2, 0.25) is 0 Å². The van der Waals surface area contributed by atoms with E-state index in [-0.39, 0.29) is 5.56 Å². The van der Waals surface area contributed by atoms with Crippen LogP contribution in [0, 0.1) is 12.8 Å². The van der Waals surface area contributed by atoms with Crippen LogP contribution in [-0.2, 0) is 0 Å². The van der Waals surface area contributed by atoms with Gasteiger partial charge >= 0.3 is 0 Å². The van der Waals surface area contributed by atoms with Crippen molar-refractivity contribution < 1.29 is 0 Å². The van der Waals surface area contributed by atoms with Gasteiger partial charge in [-0.3, -0.25) is 4.79 Å². The van der Waals surface area contributed by atoms with Gasteiger partial charge in [0.25, 0.3) is 5.56 Å². The van der Waals surface area contributed by atoms with Crippen LogP contribution in [0.5, 0.6) is 0 Å². The number of H-pyrrole nitrogens is 1. The van der Waals surface area contributed by atoms with E-state index < -0.39 is 0 Å². The van der Waals surface area contributed by atoms with Gasteiger partial charge in [-0.2, -0.15) is 0 Å². The fraction of sp³-hybridized carbons (Fsp3) is 0.600. The highest BCUT2D eigenvalue weighted by molar-refractivity contribution is 5.32. The van der Waals surface area contributed by atoms with Crippen molar-refractivity contribution in [3.05, 3.63) is 22.2 Å². The summed E-state index contributed by atoms with van der Waals surface area (Å²) >= 11 is 0. The van der Waals surface area contributed by atoms with E-state index in [9.17, 15) is 4.79 Å². The first-order chi connectivity index (χ1) is 6.58. The summed E-state index contributed by atoms with van der Waals surface area (Å²) in [5.41, 5.74) is -0.107. The molecule has 4 nitrogen and oxygen atoms in total. The summed E-state index contributed by atoms with van der Waals surface area (Å²) in [6.45, 7) is 6.96. The fourth-order valence-corrected chi connectivity index (χ4v) is 1.16. The van der Waals surface area contributed by atoms with Gasteiger partial charge in [0, 0.05) is 12.6 Å². The molecule has 0 aliphatic rings. The van der Waals surface area contributed by atoms with Crippen LogP contribution in [0.15, 0.2) is 10.9 Å². The van der Waals surface area contributed by atoms with Gasteiger partial charge in [-0.25, -0.2) is 4.98 Å². The van der Waals surface area contributed by atoms with E-state index in [0.29, 0.717) is 17.6 Å². The monoisotopic (exact) mass is 195 g/mol. The molecule has 4 heteroatoms. The zero-order valence-electron chi connectivity index (χ0n) is 8.92. The molecule has 0 radical (unpaired) electrons. The Morgan fingerprint density at radius 1 is 1.57 bits per heavy atom. The quantitative estimate of drug-likeness (QED) is 0.766. The topological polar surface area (TPSA) is 57.8 Å². The summed E-state index contributed by atoms with van der Waals surface area (Å²) in [4.78, 5) is 17.8. The Bertz CT molecular complexity index is 343. The number of rotatable bonds is 4. The highest BCUT2D eigenvalue weighted by Gasteiger charge is 1.98. The molecule has 0 aliphatic carbocycles. The molecular weight excluding hydrogens is 178 g/mol. The van der Waals surface area contributed by atoms with Gasteiger partial charge in [0.05, 0.1) is 0 Å². The fourth-order valence-electron chi connectivity index (χ4n) is 1.16. The molecular formula is C10H17N3O. The third-order valence-electron chi connectivity index (χ3n) is 1.89. The van der Waals surface area contributed by atoms with Gasteiger partial charge in [0.15, 0.2) is 0 Å². The average Bonchev–Trinajstić information content (AvgIpc) is 2.01. The summed E-state index contributed by atoms with van der Waals surface area (Å²) in [5, 5.41) is 3.13. The lowest BCUT2D eigenvalue weighted by atomic mass is 10.1. The number of nitrogens with zero attached hydrogens (tertiary/aromatic N) is 1. The first-order valence-electron chi connectivity index (χ1n) is 4.90. The zero-order chi connectivity index (χ0) is 10.6. The van der Waals surface area contributed by atoms with Gasteiger partial charge in [0.1, 0.15) is 11.6 Å². The molecule has 0 unspecified atom stereocenters. The summed E-state index contributed by atoms with van der Waals surface area (Å²) in [6.07, 6.45) is 1.08. The maximum Gasteiger partial charge on any atom is 0.252 e. The largest absolute Gasteiger partial charge is 0.370 e. The molecule has 1 rings (SSSR count). The van der Waals surface area contributed by atoms with Crippen LogP contribution in [0.25, 0.3) is 0 Å². The van der Waals surface area contributed by atoms with Crippen LogP contribution >= 0.6 is 0 Å². The zero-order valence-corrected chi connectivity index (χ0v) is 8.92. The van der Waals surface area contributed by atoms with Crippen molar-refractivity contribution in [2.75, 3.05) is 11.9 Å². The van der Waals surface area contributed by atoms with Gasteiger partial charge < -0.3 is 10.3 Å². The van der Waals surface area contributed by atoms with E-state index in [1.807, 2.05) is 0 Å². The number of hydrogen-bond acceptors (Lipinski definition) is 3. The highest BCUT2D eigenvalue weighted by Crippen LogP contribution is 2.02. The molecule has 1 aromatic rings. The lowest BCUT2D eigenvalue weighted by Gasteiger charge is -2.07. The van der Waals surface area contributed by atoms with E-state index in [1.54, 1.807) is 6.92 Å². The van der Waals surface area contributed by atoms with Crippen molar-refractivity contribution in [1.82, 2.24) is 9.97 Å². The minimum atomic E-state index is -0.107. The van der Waals surface area contributed by atoms with E-state index in [1.165, 1.54) is 6.07 Å². The molecule has 0 aliphatic heterocycles. The summed E-state index contributed by atoms with van der Waals surface area (Å²) in [7, 11) is 0. The van der Waals surface area contributed by atoms with Crippen LogP contribution in [0.2, 0.25) is 0 Å². The normalized spacial score (nSPS) is 10.6. The van der Waals surface area contributed by atoms with Crippen LogP contribution in [0.3, 0.4) is 0 Å². The summed E-state index contributed by atoms with van der Waals surface area (Å²) < 4.78 is 0. The van der Waals surface area contributed by atoms with E-state index >= 15 is 0 Å². The van der Waals surface area contributed by atoms with Gasteiger partial charge in [-0.05, 0) is 19.3 Å². The lowest BCUT2D eigenvalue weighted by molar-refractivity contribution is 0.606. The van der Waals surface area contributed by atoms with Crippen molar-refractivity contribution in [3.8, 4) is 0 Å². The predicted molar refractivity (Wildman–Crippen MR) is 57.5 cm³/mol. The van der Waals surface area contributed by atoms with Crippen LogP contribution in [-0.4, -0.2) is 16.5 Å². The molecule has 0 saturated carbocycles. The summed E-state index contributed by atoms with van der Waals surface area (Å²) in [5.74, 6) is 1.96. The number of anilines is 1. The van der Waals surface area contributed by atoms with Crippen molar-refractivity contribution in [2.45, 2.75) is 27.2 Å². The Morgan fingerprint density at radius 2 is 2.29 bits per heavy atom. The molecule has 0 bridgehead atoms. The maximum absolute atomic E-state index is 11.1. The first-order valence-corrected chi connectivity index (χ1v) is 4.90. The van der Waals surface area contributed by atoms with E-state index in [0.717, 1.165) is 13.0 Å². The highest BCUT2D eigenvalue weighted by atomic mass is 16.1. The van der Waals surface area contributed by atoms with Crippen molar-refractivity contribution in [1.29, 1.82) is 0 Å². The molecule has 0 amide bonds. The minimum absolute atomic E-state index is 0.107. The van der Waals surface area contributed by atoms with Crippen LogP contribution in [0.1, 0.15) is 26.1 Å². The molecule has 78 valence electrons. The average molecular weight is 195 g/mol. The Hall–Kier alpha value is -1.32. The lowest BCUT2D eigenvalue weighted by Crippen LogP contribution is -2.13. The number of hydrogen-bond donors (Lipinski definition) is 2. The van der Waals surface area contributed by atoms with Gasteiger partial charge in [-0.15, -0.1) is 0 Å².